The van der Waals surface area contributed by atoms with Gasteiger partial charge in [-0.1, -0.05) is 176 Å². The van der Waals surface area contributed by atoms with Crippen LogP contribution < -0.4 is 0 Å². The molecule has 3 nitrogen and oxygen atoms in total. The Balaban J connectivity index is 1.15. The molecule has 0 radical (unpaired) electrons. The van der Waals surface area contributed by atoms with Crippen LogP contribution in [-0.4, -0.2) is 15.0 Å². The Hall–Kier alpha value is -7.23. The molecule has 2 aliphatic carbocycles. The average Bonchev–Trinajstić information content (AvgIpc) is 3.28. The number of benzene rings is 7. The van der Waals surface area contributed by atoms with Gasteiger partial charge in [0.2, 0.25) is 0 Å². The molecule has 0 spiro atoms. The third-order valence-corrected chi connectivity index (χ3v) is 11.4. The second kappa shape index (κ2) is 13.3. The Kier molecular flexibility index (Phi) is 7.63. The lowest BCUT2D eigenvalue weighted by Crippen LogP contribution is -2.08. The molecular formula is C53H35N3. The number of allylic oxidation sites excluding steroid dienone is 8. The van der Waals surface area contributed by atoms with Gasteiger partial charge in [-0.3, -0.25) is 0 Å². The van der Waals surface area contributed by atoms with Crippen LogP contribution in [0.2, 0.25) is 0 Å². The van der Waals surface area contributed by atoms with Crippen LogP contribution in [0.25, 0.3) is 93.8 Å². The van der Waals surface area contributed by atoms with Crippen LogP contribution in [0.15, 0.2) is 200 Å². The highest BCUT2D eigenvalue weighted by molar-refractivity contribution is 6.22. The minimum Gasteiger partial charge on any atom is -0.247 e. The van der Waals surface area contributed by atoms with E-state index in [1.54, 1.807) is 0 Å². The Bertz CT molecular complexity index is 3130. The lowest BCUT2D eigenvalue weighted by atomic mass is 9.83. The summed E-state index contributed by atoms with van der Waals surface area (Å²) >= 11 is 0. The summed E-state index contributed by atoms with van der Waals surface area (Å²) in [6.45, 7) is 0. The van der Waals surface area contributed by atoms with Gasteiger partial charge in [-0.25, -0.2) is 15.0 Å². The molecule has 0 N–H and O–H groups in total. The van der Waals surface area contributed by atoms with Crippen molar-refractivity contribution in [2.24, 2.45) is 5.92 Å². The summed E-state index contributed by atoms with van der Waals surface area (Å²) < 4.78 is 0. The molecule has 0 amide bonds. The van der Waals surface area contributed by atoms with E-state index in [-0.39, 0.29) is 0 Å². The van der Waals surface area contributed by atoms with E-state index >= 15 is 0 Å². The molecule has 2 aromatic heterocycles. The smallest absolute Gasteiger partial charge is 0.160 e. The lowest BCUT2D eigenvalue weighted by molar-refractivity contribution is 0.782. The van der Waals surface area contributed by atoms with E-state index in [1.165, 1.54) is 37.9 Å². The maximum atomic E-state index is 5.44. The Morgan fingerprint density at radius 3 is 2.04 bits per heavy atom. The van der Waals surface area contributed by atoms with Crippen LogP contribution in [0.5, 0.6) is 0 Å². The maximum absolute atomic E-state index is 5.44. The van der Waals surface area contributed by atoms with Crippen molar-refractivity contribution in [1.29, 1.82) is 0 Å². The van der Waals surface area contributed by atoms with Gasteiger partial charge in [0.1, 0.15) is 0 Å². The first-order chi connectivity index (χ1) is 27.7. The molecule has 7 aromatic carbocycles. The molecule has 262 valence electrons. The number of para-hydroxylation sites is 1. The summed E-state index contributed by atoms with van der Waals surface area (Å²) in [6, 6.07) is 56.0. The van der Waals surface area contributed by atoms with Gasteiger partial charge in [0.05, 0.1) is 22.6 Å². The summed E-state index contributed by atoms with van der Waals surface area (Å²) in [5, 5.41) is 8.39. The van der Waals surface area contributed by atoms with Crippen LogP contribution in [0.4, 0.5) is 0 Å². The number of nitrogens with zero attached hydrogens (tertiary/aromatic N) is 3. The van der Waals surface area contributed by atoms with Crippen LogP contribution in [0.3, 0.4) is 0 Å². The third-order valence-electron chi connectivity index (χ3n) is 11.4. The Morgan fingerprint density at radius 1 is 0.464 bits per heavy atom. The van der Waals surface area contributed by atoms with E-state index < -0.39 is 0 Å². The van der Waals surface area contributed by atoms with Crippen molar-refractivity contribution in [3.8, 4) is 45.0 Å². The SMILES string of the molecule is C1=CC2=CC(c3nc(-c4ccccc4)nc(-c4ccc5ccccc5c4)c3-c3ccc(-c4nc5ccccc5c5c4ccc4ccccc45)cc3)=CCC2C=C1. The topological polar surface area (TPSA) is 38.7 Å². The fourth-order valence-corrected chi connectivity index (χ4v) is 8.57. The molecule has 0 saturated carbocycles. The van der Waals surface area contributed by atoms with E-state index in [0.717, 1.165) is 67.8 Å². The predicted octanol–water partition coefficient (Wildman–Crippen LogP) is 13.6. The first-order valence-electron chi connectivity index (χ1n) is 19.3. The lowest BCUT2D eigenvalue weighted by Gasteiger charge is -2.23. The van der Waals surface area contributed by atoms with Crippen molar-refractivity contribution in [3.63, 3.8) is 0 Å². The molecule has 0 saturated heterocycles. The van der Waals surface area contributed by atoms with Crippen LogP contribution >= 0.6 is 0 Å². The van der Waals surface area contributed by atoms with Crippen molar-refractivity contribution < 1.29 is 0 Å². The molecule has 0 fully saturated rings. The van der Waals surface area contributed by atoms with E-state index in [4.69, 9.17) is 15.0 Å². The van der Waals surface area contributed by atoms with Gasteiger partial charge in [-0.15, -0.1) is 0 Å². The highest BCUT2D eigenvalue weighted by Crippen LogP contribution is 2.43. The van der Waals surface area contributed by atoms with Crippen LogP contribution in [0, 0.1) is 5.92 Å². The fraction of sp³-hybridized carbons (Fsp3) is 0.0377. The Morgan fingerprint density at radius 2 is 1.16 bits per heavy atom. The number of hydrogen-bond donors (Lipinski definition) is 0. The highest BCUT2D eigenvalue weighted by atomic mass is 14.9. The number of fused-ring (bicyclic) bond motifs is 7. The molecule has 0 aliphatic heterocycles. The largest absolute Gasteiger partial charge is 0.247 e. The quantitative estimate of drug-likeness (QED) is 0.167. The monoisotopic (exact) mass is 713 g/mol. The molecule has 2 aliphatic rings. The number of aromatic nitrogens is 3. The van der Waals surface area contributed by atoms with Crippen molar-refractivity contribution in [1.82, 2.24) is 15.0 Å². The van der Waals surface area contributed by atoms with Gasteiger partial charge >= 0.3 is 0 Å². The molecule has 56 heavy (non-hydrogen) atoms. The zero-order valence-corrected chi connectivity index (χ0v) is 30.6. The fourth-order valence-electron chi connectivity index (χ4n) is 8.57. The zero-order valence-electron chi connectivity index (χ0n) is 30.6. The molecule has 9 aromatic rings. The van der Waals surface area contributed by atoms with Crippen molar-refractivity contribution in [2.45, 2.75) is 6.42 Å². The molecule has 2 heterocycles. The molecule has 3 heteroatoms. The number of hydrogen-bond acceptors (Lipinski definition) is 3. The van der Waals surface area contributed by atoms with E-state index in [9.17, 15) is 0 Å². The van der Waals surface area contributed by atoms with Gasteiger partial charge in [-0.2, -0.15) is 0 Å². The summed E-state index contributed by atoms with van der Waals surface area (Å²) in [7, 11) is 0. The van der Waals surface area contributed by atoms with Crippen LogP contribution in [-0.2, 0) is 0 Å². The van der Waals surface area contributed by atoms with Gasteiger partial charge in [0.25, 0.3) is 0 Å². The van der Waals surface area contributed by atoms with E-state index in [0.29, 0.717) is 11.7 Å². The second-order valence-corrected chi connectivity index (χ2v) is 14.7. The summed E-state index contributed by atoms with van der Waals surface area (Å²) in [5.74, 6) is 1.09. The third kappa shape index (κ3) is 5.48. The molecule has 11 rings (SSSR count). The van der Waals surface area contributed by atoms with Gasteiger partial charge in [-0.05, 0) is 62.9 Å². The normalized spacial score (nSPS) is 15.0. The first kappa shape index (κ1) is 32.2. The summed E-state index contributed by atoms with van der Waals surface area (Å²) in [6.07, 6.45) is 14.4. The average molecular weight is 714 g/mol. The molecule has 0 bridgehead atoms. The molecule has 1 atom stereocenters. The maximum Gasteiger partial charge on any atom is 0.160 e. The predicted molar refractivity (Wildman–Crippen MR) is 234 cm³/mol. The molecule has 1 unspecified atom stereocenters. The second-order valence-electron chi connectivity index (χ2n) is 14.7. The minimum absolute atomic E-state index is 0.378. The van der Waals surface area contributed by atoms with Gasteiger partial charge < -0.3 is 0 Å². The van der Waals surface area contributed by atoms with Gasteiger partial charge in [0, 0.05) is 44.3 Å². The van der Waals surface area contributed by atoms with Gasteiger partial charge in [0.15, 0.2) is 5.82 Å². The van der Waals surface area contributed by atoms with E-state index in [2.05, 4.69) is 188 Å². The van der Waals surface area contributed by atoms with Crippen LogP contribution in [0.1, 0.15) is 12.1 Å². The standard InChI is InChI=1S/C53H35N3/c1-2-15-39(16-3-1)53-55-51(42-28-22-34-12-4-6-17-40(34)32-42)48(52(56-53)43-29-23-35-13-5-7-18-41(35)33-43)37-24-26-38(27-25-37)50-46-31-30-36-14-8-9-19-44(36)49(46)45-20-10-11-21-47(45)54-50/h1-22,24-33,35H,23H2. The summed E-state index contributed by atoms with van der Waals surface area (Å²) in [4.78, 5) is 16.2. The van der Waals surface area contributed by atoms with E-state index in [1.807, 2.05) is 6.07 Å². The number of pyridine rings is 1. The van der Waals surface area contributed by atoms with Crippen molar-refractivity contribution in [3.05, 3.63) is 205 Å². The summed E-state index contributed by atoms with van der Waals surface area (Å²) in [5.41, 5.74) is 11.4. The first-order valence-corrected chi connectivity index (χ1v) is 19.3. The minimum atomic E-state index is 0.378. The van der Waals surface area contributed by atoms with Crippen molar-refractivity contribution >= 4 is 48.8 Å². The molecular weight excluding hydrogens is 679 g/mol. The highest BCUT2D eigenvalue weighted by Gasteiger charge is 2.24. The zero-order chi connectivity index (χ0) is 37.0. The van der Waals surface area contributed by atoms with Crippen molar-refractivity contribution in [2.75, 3.05) is 0 Å². The number of rotatable bonds is 5. The Labute approximate surface area is 325 Å².